The molecule has 0 bridgehead atoms. The largest absolute Gasteiger partial charge is 0.354 e. The number of benzene rings is 2. The second-order valence-corrected chi connectivity index (χ2v) is 3.58. The minimum atomic E-state index is -0.757. The van der Waals surface area contributed by atoms with E-state index >= 15 is 0 Å². The first-order valence-electron chi connectivity index (χ1n) is 5.01. The molecule has 2 aromatic rings. The first-order chi connectivity index (χ1) is 8.58. The van der Waals surface area contributed by atoms with E-state index in [-0.39, 0.29) is 17.1 Å². The van der Waals surface area contributed by atoms with Gasteiger partial charge < -0.3 is 5.32 Å². The van der Waals surface area contributed by atoms with Crippen molar-refractivity contribution in [2.45, 2.75) is 0 Å². The molecule has 0 radical (unpaired) electrons. The first kappa shape index (κ1) is 12.3. The molecular formula is C12H9F3N2O. The Bertz CT molecular complexity index is 555. The summed E-state index contributed by atoms with van der Waals surface area (Å²) in [5, 5.41) is 11.4. The summed E-state index contributed by atoms with van der Waals surface area (Å²) in [5.74, 6) is -2.06. The Morgan fingerprint density at radius 2 is 1.44 bits per heavy atom. The fourth-order valence-electron chi connectivity index (χ4n) is 1.50. The van der Waals surface area contributed by atoms with Crippen molar-refractivity contribution < 1.29 is 18.4 Å². The van der Waals surface area contributed by atoms with Crippen LogP contribution >= 0.6 is 0 Å². The Hall–Kier alpha value is -2.21. The van der Waals surface area contributed by atoms with Crippen LogP contribution in [0, 0.1) is 17.5 Å². The van der Waals surface area contributed by atoms with Gasteiger partial charge in [0.1, 0.15) is 17.5 Å². The van der Waals surface area contributed by atoms with Crippen molar-refractivity contribution >= 4 is 17.1 Å². The average Bonchev–Trinajstić information content (AvgIpc) is 2.27. The predicted molar refractivity (Wildman–Crippen MR) is 61.4 cm³/mol. The van der Waals surface area contributed by atoms with Gasteiger partial charge in [0, 0.05) is 11.8 Å². The SMILES string of the molecule is ONc1ccc(F)cc1Nc1cc(F)cc(F)c1. The molecule has 0 aliphatic carbocycles. The number of anilines is 3. The maximum Gasteiger partial charge on any atom is 0.128 e. The molecule has 0 unspecified atom stereocenters. The molecule has 2 rings (SSSR count). The molecule has 94 valence electrons. The zero-order valence-corrected chi connectivity index (χ0v) is 9.05. The number of hydrogen-bond acceptors (Lipinski definition) is 3. The highest BCUT2D eigenvalue weighted by Crippen LogP contribution is 2.26. The Morgan fingerprint density at radius 3 is 2.06 bits per heavy atom. The number of nitrogens with one attached hydrogen (secondary N) is 2. The van der Waals surface area contributed by atoms with Crippen LogP contribution < -0.4 is 10.8 Å². The molecule has 0 heterocycles. The Balaban J connectivity index is 2.35. The maximum absolute atomic E-state index is 13.0. The molecule has 0 fully saturated rings. The van der Waals surface area contributed by atoms with E-state index in [4.69, 9.17) is 5.21 Å². The van der Waals surface area contributed by atoms with Gasteiger partial charge in [-0.25, -0.2) is 13.2 Å². The van der Waals surface area contributed by atoms with Gasteiger partial charge in [0.15, 0.2) is 0 Å². The van der Waals surface area contributed by atoms with E-state index in [1.807, 2.05) is 5.48 Å². The molecule has 18 heavy (non-hydrogen) atoms. The van der Waals surface area contributed by atoms with Crippen LogP contribution in [0.1, 0.15) is 0 Å². The summed E-state index contributed by atoms with van der Waals surface area (Å²) in [6.45, 7) is 0. The molecule has 0 atom stereocenters. The Morgan fingerprint density at radius 1 is 0.778 bits per heavy atom. The van der Waals surface area contributed by atoms with Gasteiger partial charge in [-0.1, -0.05) is 0 Å². The van der Waals surface area contributed by atoms with Crippen molar-refractivity contribution in [3.63, 3.8) is 0 Å². The molecule has 3 N–H and O–H groups in total. The summed E-state index contributed by atoms with van der Waals surface area (Å²) < 4.78 is 39.0. The smallest absolute Gasteiger partial charge is 0.128 e. The van der Waals surface area contributed by atoms with Crippen molar-refractivity contribution in [3.8, 4) is 0 Å². The summed E-state index contributed by atoms with van der Waals surface area (Å²) in [6.07, 6.45) is 0. The third kappa shape index (κ3) is 2.72. The van der Waals surface area contributed by atoms with Gasteiger partial charge in [-0.2, -0.15) is 0 Å². The van der Waals surface area contributed by atoms with Crippen molar-refractivity contribution in [2.24, 2.45) is 0 Å². The lowest BCUT2D eigenvalue weighted by molar-refractivity contribution is 0.389. The van der Waals surface area contributed by atoms with Crippen LogP contribution in [0.5, 0.6) is 0 Å². The number of rotatable bonds is 3. The maximum atomic E-state index is 13.0. The summed E-state index contributed by atoms with van der Waals surface area (Å²) in [4.78, 5) is 0. The molecule has 0 amide bonds. The zero-order chi connectivity index (χ0) is 13.1. The monoisotopic (exact) mass is 254 g/mol. The van der Waals surface area contributed by atoms with Crippen LogP contribution in [0.3, 0.4) is 0 Å². The average molecular weight is 254 g/mol. The third-order valence-corrected chi connectivity index (χ3v) is 2.24. The van der Waals surface area contributed by atoms with E-state index in [0.29, 0.717) is 0 Å². The molecular weight excluding hydrogens is 245 g/mol. The second kappa shape index (κ2) is 4.97. The Labute approximate surface area is 101 Å². The van der Waals surface area contributed by atoms with Crippen LogP contribution in [0.15, 0.2) is 36.4 Å². The van der Waals surface area contributed by atoms with E-state index in [2.05, 4.69) is 5.32 Å². The normalized spacial score (nSPS) is 10.2. The quantitative estimate of drug-likeness (QED) is 0.732. The van der Waals surface area contributed by atoms with Crippen LogP contribution in [0.25, 0.3) is 0 Å². The van der Waals surface area contributed by atoms with Gasteiger partial charge in [0.25, 0.3) is 0 Å². The minimum absolute atomic E-state index is 0.106. The molecule has 2 aromatic carbocycles. The molecule has 6 heteroatoms. The van der Waals surface area contributed by atoms with Crippen LogP contribution in [-0.2, 0) is 0 Å². The van der Waals surface area contributed by atoms with Gasteiger partial charge in [-0.15, -0.1) is 0 Å². The van der Waals surface area contributed by atoms with Crippen molar-refractivity contribution in [3.05, 3.63) is 53.8 Å². The van der Waals surface area contributed by atoms with Crippen LogP contribution in [0.2, 0.25) is 0 Å². The lowest BCUT2D eigenvalue weighted by Gasteiger charge is -2.11. The van der Waals surface area contributed by atoms with Crippen LogP contribution in [0.4, 0.5) is 30.2 Å². The summed E-state index contributed by atoms with van der Waals surface area (Å²) in [7, 11) is 0. The van der Waals surface area contributed by atoms with E-state index in [1.165, 1.54) is 6.07 Å². The molecule has 0 saturated carbocycles. The van der Waals surface area contributed by atoms with E-state index < -0.39 is 17.5 Å². The van der Waals surface area contributed by atoms with E-state index in [9.17, 15) is 13.2 Å². The highest BCUT2D eigenvalue weighted by molar-refractivity contribution is 5.73. The fraction of sp³-hybridized carbons (Fsp3) is 0. The standard InChI is InChI=1S/C12H9F3N2O/c13-7-1-2-11(17-18)12(6-7)16-10-4-8(14)3-9(15)5-10/h1-6,16-18H. The van der Waals surface area contributed by atoms with Gasteiger partial charge >= 0.3 is 0 Å². The van der Waals surface area contributed by atoms with E-state index in [1.54, 1.807) is 0 Å². The first-order valence-corrected chi connectivity index (χ1v) is 5.01. The summed E-state index contributed by atoms with van der Waals surface area (Å²) in [5.41, 5.74) is 2.30. The molecule has 0 saturated heterocycles. The highest BCUT2D eigenvalue weighted by Gasteiger charge is 2.06. The van der Waals surface area contributed by atoms with Gasteiger partial charge in [0.2, 0.25) is 0 Å². The van der Waals surface area contributed by atoms with Gasteiger partial charge in [-0.3, -0.25) is 10.7 Å². The third-order valence-electron chi connectivity index (χ3n) is 2.24. The molecule has 0 aliphatic heterocycles. The Kier molecular flexibility index (Phi) is 3.38. The summed E-state index contributed by atoms with van der Waals surface area (Å²) >= 11 is 0. The summed E-state index contributed by atoms with van der Waals surface area (Å²) in [6, 6.07) is 6.33. The van der Waals surface area contributed by atoms with Crippen molar-refractivity contribution in [2.75, 3.05) is 10.8 Å². The number of hydrogen-bond donors (Lipinski definition) is 3. The van der Waals surface area contributed by atoms with Crippen molar-refractivity contribution in [1.82, 2.24) is 0 Å². The number of halogens is 3. The molecule has 0 spiro atoms. The zero-order valence-electron chi connectivity index (χ0n) is 9.05. The lowest BCUT2D eigenvalue weighted by Crippen LogP contribution is -1.99. The minimum Gasteiger partial charge on any atom is -0.354 e. The van der Waals surface area contributed by atoms with Gasteiger partial charge in [0.05, 0.1) is 11.4 Å². The highest BCUT2D eigenvalue weighted by atomic mass is 19.1. The van der Waals surface area contributed by atoms with Crippen LogP contribution in [-0.4, -0.2) is 5.21 Å². The topological polar surface area (TPSA) is 44.3 Å². The molecule has 0 aromatic heterocycles. The predicted octanol–water partition coefficient (Wildman–Crippen LogP) is 3.65. The second-order valence-electron chi connectivity index (χ2n) is 3.58. The fourth-order valence-corrected chi connectivity index (χ4v) is 1.50. The molecule has 3 nitrogen and oxygen atoms in total. The molecule has 0 aliphatic rings. The van der Waals surface area contributed by atoms with E-state index in [0.717, 1.165) is 30.3 Å². The van der Waals surface area contributed by atoms with Gasteiger partial charge in [-0.05, 0) is 30.3 Å². The van der Waals surface area contributed by atoms with Crippen molar-refractivity contribution in [1.29, 1.82) is 0 Å². The lowest BCUT2D eigenvalue weighted by atomic mass is 10.2.